The van der Waals surface area contributed by atoms with Crippen molar-refractivity contribution in [3.8, 4) is 22.3 Å². The second kappa shape index (κ2) is 10.5. The Balaban J connectivity index is 2.02. The number of nitrogens with zero attached hydrogens (tertiary/aromatic N) is 1. The van der Waals surface area contributed by atoms with Gasteiger partial charge in [-0.05, 0) is 54.4 Å². The van der Waals surface area contributed by atoms with E-state index in [-0.39, 0.29) is 32.8 Å². The van der Waals surface area contributed by atoms with E-state index >= 15 is 0 Å². The van der Waals surface area contributed by atoms with Gasteiger partial charge in [0.05, 0.1) is 21.7 Å². The van der Waals surface area contributed by atoms with Gasteiger partial charge in [-0.2, -0.15) is 26.3 Å². The number of rotatable bonds is 6. The molecule has 210 valence electrons. The van der Waals surface area contributed by atoms with Crippen LogP contribution in [0.15, 0.2) is 83.9 Å². The number of hydrogen-bond acceptors (Lipinski definition) is 4. The van der Waals surface area contributed by atoms with Gasteiger partial charge in [-0.3, -0.25) is 4.79 Å². The third-order valence-corrected chi connectivity index (χ3v) is 7.80. The predicted octanol–water partition coefficient (Wildman–Crippen LogP) is 7.47. The standard InChI is InChI=1S/C28H21F6NO4S/c1-17-3-13-23(14-4-17)40(37,38)35-15-24(19-5-9-21(10-6-19)27(29,30)31)26(25(35)16-39-18(2)36)20-7-11-22(12-8-20)28(32,33)34/h3-15H,16H2,1-2H3. The summed E-state index contributed by atoms with van der Waals surface area (Å²) in [5.74, 6) is -0.755. The van der Waals surface area contributed by atoms with Crippen molar-refractivity contribution in [2.45, 2.75) is 37.7 Å². The zero-order chi connectivity index (χ0) is 29.5. The minimum atomic E-state index is -4.64. The van der Waals surface area contributed by atoms with Gasteiger partial charge in [-0.1, -0.05) is 42.0 Å². The van der Waals surface area contributed by atoms with E-state index in [9.17, 15) is 39.6 Å². The fourth-order valence-corrected chi connectivity index (χ4v) is 5.46. The molecule has 0 N–H and O–H groups in total. The molecule has 1 heterocycles. The molecule has 5 nitrogen and oxygen atoms in total. The minimum absolute atomic E-state index is 0.0745. The van der Waals surface area contributed by atoms with Gasteiger partial charge < -0.3 is 4.74 Å². The number of hydrogen-bond donors (Lipinski definition) is 0. The highest BCUT2D eigenvalue weighted by molar-refractivity contribution is 7.90. The molecule has 40 heavy (non-hydrogen) atoms. The Morgan fingerprint density at radius 2 is 1.25 bits per heavy atom. The average molecular weight is 582 g/mol. The molecule has 0 amide bonds. The highest BCUT2D eigenvalue weighted by atomic mass is 32.2. The van der Waals surface area contributed by atoms with Gasteiger partial charge in [0, 0.05) is 24.2 Å². The number of alkyl halides is 6. The molecule has 3 aromatic carbocycles. The molecule has 1 aromatic heterocycles. The van der Waals surface area contributed by atoms with E-state index in [1.54, 1.807) is 19.1 Å². The molecule has 0 spiro atoms. The molecule has 0 unspecified atom stereocenters. The smallest absolute Gasteiger partial charge is 0.416 e. The summed E-state index contributed by atoms with van der Waals surface area (Å²) in [6.45, 7) is 2.26. The van der Waals surface area contributed by atoms with Crippen molar-refractivity contribution in [1.29, 1.82) is 0 Å². The summed E-state index contributed by atoms with van der Waals surface area (Å²) in [7, 11) is -4.35. The molecular weight excluding hydrogens is 560 g/mol. The van der Waals surface area contributed by atoms with Crippen molar-refractivity contribution < 1.29 is 44.3 Å². The molecule has 0 bridgehead atoms. The third kappa shape index (κ3) is 5.91. The number of benzene rings is 3. The van der Waals surface area contributed by atoms with E-state index in [1.807, 2.05) is 0 Å². The fraction of sp³-hybridized carbons (Fsp3) is 0.179. The van der Waals surface area contributed by atoms with Crippen molar-refractivity contribution >= 4 is 16.0 Å². The molecular formula is C28H21F6NO4S. The van der Waals surface area contributed by atoms with E-state index in [1.165, 1.54) is 12.1 Å². The SMILES string of the molecule is CC(=O)OCc1c(-c2ccc(C(F)(F)F)cc2)c(-c2ccc(C(F)(F)F)cc2)cn1S(=O)(=O)c1ccc(C)cc1. The maximum atomic E-state index is 13.7. The highest BCUT2D eigenvalue weighted by Gasteiger charge is 2.33. The molecule has 4 rings (SSSR count). The first-order chi connectivity index (χ1) is 18.6. The van der Waals surface area contributed by atoms with Gasteiger partial charge in [0.15, 0.2) is 0 Å². The predicted molar refractivity (Wildman–Crippen MR) is 135 cm³/mol. The van der Waals surface area contributed by atoms with Crippen LogP contribution in [0, 0.1) is 6.92 Å². The lowest BCUT2D eigenvalue weighted by molar-refractivity contribution is -0.142. The van der Waals surface area contributed by atoms with E-state index in [0.717, 1.165) is 71.2 Å². The number of aromatic nitrogens is 1. The van der Waals surface area contributed by atoms with Crippen LogP contribution in [0.4, 0.5) is 26.3 Å². The third-order valence-electron chi connectivity index (χ3n) is 6.08. The van der Waals surface area contributed by atoms with Crippen LogP contribution in [-0.4, -0.2) is 18.4 Å². The second-order valence-corrected chi connectivity index (χ2v) is 10.7. The lowest BCUT2D eigenvalue weighted by Gasteiger charge is -2.14. The number of halogens is 6. The minimum Gasteiger partial charge on any atom is -0.459 e. The van der Waals surface area contributed by atoms with Crippen molar-refractivity contribution in [3.63, 3.8) is 0 Å². The molecule has 0 atom stereocenters. The first-order valence-electron chi connectivity index (χ1n) is 11.6. The van der Waals surface area contributed by atoms with Crippen LogP contribution in [0.25, 0.3) is 22.3 Å². The van der Waals surface area contributed by atoms with Crippen LogP contribution in [0.3, 0.4) is 0 Å². The summed E-state index contributed by atoms with van der Waals surface area (Å²) in [6.07, 6.45) is -8.12. The van der Waals surface area contributed by atoms with Gasteiger partial charge >= 0.3 is 18.3 Å². The highest BCUT2D eigenvalue weighted by Crippen LogP contribution is 2.41. The van der Waals surface area contributed by atoms with E-state index in [2.05, 4.69) is 0 Å². The summed E-state index contributed by atoms with van der Waals surface area (Å²) < 4.78 is 113. The molecule has 0 radical (unpaired) electrons. The maximum absolute atomic E-state index is 13.7. The van der Waals surface area contributed by atoms with Crippen LogP contribution in [0.1, 0.15) is 29.3 Å². The Morgan fingerprint density at radius 1 is 0.775 bits per heavy atom. The van der Waals surface area contributed by atoms with Crippen LogP contribution >= 0.6 is 0 Å². The Hall–Kier alpha value is -4.06. The van der Waals surface area contributed by atoms with E-state index in [4.69, 9.17) is 4.74 Å². The molecule has 0 saturated carbocycles. The van der Waals surface area contributed by atoms with Crippen molar-refractivity contribution in [1.82, 2.24) is 3.97 Å². The lowest BCUT2D eigenvalue weighted by atomic mass is 9.95. The summed E-state index contributed by atoms with van der Waals surface area (Å²) in [4.78, 5) is 11.6. The lowest BCUT2D eigenvalue weighted by Crippen LogP contribution is -2.16. The summed E-state index contributed by atoms with van der Waals surface area (Å²) in [6, 6.07) is 13.6. The molecule has 4 aromatic rings. The van der Waals surface area contributed by atoms with Crippen LogP contribution in [0.5, 0.6) is 0 Å². The Labute approximate surface area is 225 Å². The normalized spacial score (nSPS) is 12.4. The Bertz CT molecular complexity index is 1640. The first kappa shape index (κ1) is 28.9. The molecule has 0 aliphatic carbocycles. The number of esters is 1. The van der Waals surface area contributed by atoms with E-state index in [0.29, 0.717) is 0 Å². The summed E-state index contributed by atoms with van der Waals surface area (Å²) >= 11 is 0. The first-order valence-corrected chi connectivity index (χ1v) is 13.1. The average Bonchev–Trinajstić information content (AvgIpc) is 3.27. The fourth-order valence-electron chi connectivity index (χ4n) is 4.08. The van der Waals surface area contributed by atoms with Gasteiger partial charge in [0.2, 0.25) is 0 Å². The van der Waals surface area contributed by atoms with E-state index < -0.39 is 46.1 Å². The van der Waals surface area contributed by atoms with Gasteiger partial charge in [-0.15, -0.1) is 0 Å². The molecule has 0 aliphatic rings. The van der Waals surface area contributed by atoms with Crippen LogP contribution in [0.2, 0.25) is 0 Å². The van der Waals surface area contributed by atoms with Crippen LogP contribution < -0.4 is 0 Å². The number of ether oxygens (including phenoxy) is 1. The molecule has 12 heteroatoms. The topological polar surface area (TPSA) is 65.4 Å². The van der Waals surface area contributed by atoms with Gasteiger partial charge in [0.1, 0.15) is 6.61 Å². The number of carbonyl (C=O) groups excluding carboxylic acids is 1. The van der Waals surface area contributed by atoms with Crippen LogP contribution in [-0.2, 0) is 38.5 Å². The zero-order valence-corrected chi connectivity index (χ0v) is 21.8. The molecule has 0 fully saturated rings. The quantitative estimate of drug-likeness (QED) is 0.175. The van der Waals surface area contributed by atoms with Crippen molar-refractivity contribution in [2.75, 3.05) is 0 Å². The van der Waals surface area contributed by atoms with Gasteiger partial charge in [0.25, 0.3) is 10.0 Å². The Morgan fingerprint density at radius 3 is 1.70 bits per heavy atom. The zero-order valence-electron chi connectivity index (χ0n) is 21.0. The van der Waals surface area contributed by atoms with Crippen molar-refractivity contribution in [3.05, 3.63) is 101 Å². The number of carbonyl (C=O) groups is 1. The number of aryl methyl sites for hydroxylation is 1. The summed E-state index contributed by atoms with van der Waals surface area (Å²) in [5, 5.41) is 0. The van der Waals surface area contributed by atoms with Gasteiger partial charge in [-0.25, -0.2) is 12.4 Å². The maximum Gasteiger partial charge on any atom is 0.416 e. The molecule has 0 saturated heterocycles. The second-order valence-electron chi connectivity index (χ2n) is 8.91. The van der Waals surface area contributed by atoms with Crippen molar-refractivity contribution in [2.24, 2.45) is 0 Å². The Kier molecular flexibility index (Phi) is 7.59. The molecule has 0 aliphatic heterocycles. The monoisotopic (exact) mass is 581 g/mol. The largest absolute Gasteiger partial charge is 0.459 e. The summed E-state index contributed by atoms with van der Waals surface area (Å²) in [5.41, 5.74) is -0.767.